The van der Waals surface area contributed by atoms with Crippen LogP contribution in [0.4, 0.5) is 0 Å². The van der Waals surface area contributed by atoms with Crippen molar-refractivity contribution in [2.24, 2.45) is 0 Å². The molecule has 0 radical (unpaired) electrons. The average Bonchev–Trinajstić information content (AvgIpc) is 3.70. The maximum absolute atomic E-state index is 9.48. The Kier molecular flexibility index (Phi) is 7.62. The highest BCUT2D eigenvalue weighted by atomic mass is 16.5. The lowest BCUT2D eigenvalue weighted by Gasteiger charge is -2.16. The van der Waals surface area contributed by atoms with E-state index in [1.807, 2.05) is 55.5 Å². The second kappa shape index (κ2) is 12.2. The number of fused-ring (bicyclic) bond motifs is 7. The molecule has 1 aliphatic rings. The molecule has 3 aromatic carbocycles. The number of nitriles is 1. The summed E-state index contributed by atoms with van der Waals surface area (Å²) in [7, 11) is 1.66. The Morgan fingerprint density at radius 1 is 1.00 bits per heavy atom. The van der Waals surface area contributed by atoms with Gasteiger partial charge in [-0.15, -0.1) is 0 Å². The number of hydrogen-bond acceptors (Lipinski definition) is 8. The molecule has 3 aromatic heterocycles. The molecule has 4 heterocycles. The van der Waals surface area contributed by atoms with Crippen LogP contribution < -0.4 is 14.2 Å². The van der Waals surface area contributed by atoms with Crippen LogP contribution in [0.5, 0.6) is 17.4 Å². The predicted molar refractivity (Wildman–Crippen MR) is 168 cm³/mol. The summed E-state index contributed by atoms with van der Waals surface area (Å²) in [5.74, 6) is 3.46. The standard InChI is InChI=1S/C36H31N5O4/c1-23-15-30-36(32(16-23)42-2)40-33(41(30)21-35-38-12-14-44-35)19-27-11-10-26-18-31(27)43-13-4-5-25-17-24(20-37)8-9-28(25)22-45-34-7-3-6-29(26)39-34/h3,6-12,14-18H,4-5,13,19,21-22H2,1-2H3. The van der Waals surface area contributed by atoms with Gasteiger partial charge in [-0.2, -0.15) is 5.26 Å². The number of hydrogen-bond donors (Lipinski definition) is 0. The van der Waals surface area contributed by atoms with Gasteiger partial charge in [0.1, 0.15) is 42.3 Å². The zero-order chi connectivity index (χ0) is 30.8. The van der Waals surface area contributed by atoms with E-state index in [0.717, 1.165) is 74.7 Å². The van der Waals surface area contributed by atoms with Gasteiger partial charge in [0.05, 0.1) is 42.8 Å². The molecule has 0 saturated carbocycles. The highest BCUT2D eigenvalue weighted by Gasteiger charge is 2.20. The van der Waals surface area contributed by atoms with Gasteiger partial charge in [0.15, 0.2) is 0 Å². The molecule has 9 nitrogen and oxygen atoms in total. The summed E-state index contributed by atoms with van der Waals surface area (Å²) in [6, 6.07) is 24.0. The van der Waals surface area contributed by atoms with Crippen LogP contribution in [-0.4, -0.2) is 33.2 Å². The Balaban J connectivity index is 1.28. The summed E-state index contributed by atoms with van der Waals surface area (Å²) in [4.78, 5) is 14.2. The first-order valence-corrected chi connectivity index (χ1v) is 14.9. The minimum absolute atomic E-state index is 0.376. The van der Waals surface area contributed by atoms with E-state index >= 15 is 0 Å². The van der Waals surface area contributed by atoms with Crippen LogP contribution in [-0.2, 0) is 26.0 Å². The van der Waals surface area contributed by atoms with E-state index in [-0.39, 0.29) is 0 Å². The van der Waals surface area contributed by atoms with E-state index in [2.05, 4.69) is 33.8 Å². The molecule has 0 N–H and O–H groups in total. The lowest BCUT2D eigenvalue weighted by molar-refractivity contribution is 0.290. The van der Waals surface area contributed by atoms with E-state index in [1.165, 1.54) is 0 Å². The molecular weight excluding hydrogens is 566 g/mol. The third kappa shape index (κ3) is 5.83. The maximum Gasteiger partial charge on any atom is 0.214 e. The third-order valence-electron chi connectivity index (χ3n) is 8.03. The van der Waals surface area contributed by atoms with Gasteiger partial charge in [-0.05, 0) is 72.9 Å². The molecular formula is C36H31N5O4. The lowest BCUT2D eigenvalue weighted by atomic mass is 10.0. The van der Waals surface area contributed by atoms with Crippen LogP contribution in [0.25, 0.3) is 22.3 Å². The molecule has 4 bridgehead atoms. The zero-order valence-corrected chi connectivity index (χ0v) is 25.1. The van der Waals surface area contributed by atoms with Crippen LogP contribution in [0.2, 0.25) is 0 Å². The van der Waals surface area contributed by atoms with Crippen LogP contribution in [0.15, 0.2) is 83.6 Å². The van der Waals surface area contributed by atoms with E-state index < -0.39 is 0 Å². The fourth-order valence-corrected chi connectivity index (χ4v) is 5.79. The van der Waals surface area contributed by atoms with Gasteiger partial charge < -0.3 is 23.2 Å². The topological polar surface area (TPSA) is 108 Å². The quantitative estimate of drug-likeness (QED) is 0.213. The van der Waals surface area contributed by atoms with Gasteiger partial charge in [0.25, 0.3) is 0 Å². The number of methoxy groups -OCH3 is 1. The second-order valence-electron chi connectivity index (χ2n) is 11.1. The summed E-state index contributed by atoms with van der Waals surface area (Å²) in [5.41, 5.74) is 8.26. The fraction of sp³-hybridized carbons (Fsp3) is 0.222. The van der Waals surface area contributed by atoms with E-state index in [9.17, 15) is 5.26 Å². The van der Waals surface area contributed by atoms with Crippen LogP contribution >= 0.6 is 0 Å². The minimum atomic E-state index is 0.376. The van der Waals surface area contributed by atoms with Gasteiger partial charge in [0, 0.05) is 23.6 Å². The summed E-state index contributed by atoms with van der Waals surface area (Å²) in [5, 5.41) is 9.48. The SMILES string of the molecule is COc1cc(C)cc2c1nc(Cc1ccc3cc1OCCCc1cc(C#N)ccc1COc1cccc-3n1)n2Cc1ncco1. The van der Waals surface area contributed by atoms with Crippen molar-refractivity contribution in [3.05, 3.63) is 119 Å². The van der Waals surface area contributed by atoms with Crippen LogP contribution in [0, 0.1) is 18.3 Å². The van der Waals surface area contributed by atoms with Crippen LogP contribution in [0.3, 0.4) is 0 Å². The Morgan fingerprint density at radius 3 is 2.78 bits per heavy atom. The highest BCUT2D eigenvalue weighted by molar-refractivity contribution is 5.83. The minimum Gasteiger partial charge on any atom is -0.494 e. The number of benzene rings is 3. The van der Waals surface area contributed by atoms with Gasteiger partial charge >= 0.3 is 0 Å². The van der Waals surface area contributed by atoms with Crippen molar-refractivity contribution in [1.29, 1.82) is 5.26 Å². The Labute approximate surface area is 260 Å². The molecule has 6 aromatic rings. The number of imidazole rings is 1. The summed E-state index contributed by atoms with van der Waals surface area (Å²) >= 11 is 0. The second-order valence-corrected chi connectivity index (χ2v) is 11.1. The van der Waals surface area contributed by atoms with Crippen molar-refractivity contribution < 1.29 is 18.6 Å². The Hall–Kier alpha value is -5.62. The lowest BCUT2D eigenvalue weighted by Crippen LogP contribution is -2.09. The number of ether oxygens (including phenoxy) is 3. The van der Waals surface area contributed by atoms with Gasteiger partial charge in [0.2, 0.25) is 11.8 Å². The number of pyridine rings is 1. The molecule has 0 unspecified atom stereocenters. The molecule has 1 aliphatic heterocycles. The fourth-order valence-electron chi connectivity index (χ4n) is 5.79. The first-order chi connectivity index (χ1) is 22.1. The van der Waals surface area contributed by atoms with E-state index in [4.69, 9.17) is 28.6 Å². The van der Waals surface area contributed by atoms with Crippen molar-refractivity contribution >= 4 is 11.0 Å². The van der Waals surface area contributed by atoms with Crippen molar-refractivity contribution in [1.82, 2.24) is 19.5 Å². The normalized spacial score (nSPS) is 12.8. The molecule has 0 saturated heterocycles. The molecule has 0 fully saturated rings. The summed E-state index contributed by atoms with van der Waals surface area (Å²) < 4.78 is 26.1. The molecule has 0 amide bonds. The predicted octanol–water partition coefficient (Wildman–Crippen LogP) is 6.82. The van der Waals surface area contributed by atoms with Gasteiger partial charge in [-0.3, -0.25) is 0 Å². The summed E-state index contributed by atoms with van der Waals surface area (Å²) in [6.45, 7) is 3.35. The maximum atomic E-state index is 9.48. The van der Waals surface area contributed by atoms with Gasteiger partial charge in [-0.1, -0.05) is 24.3 Å². The molecule has 0 aliphatic carbocycles. The number of aromatic nitrogens is 4. The first kappa shape index (κ1) is 28.2. The molecule has 45 heavy (non-hydrogen) atoms. The van der Waals surface area contributed by atoms with E-state index in [1.54, 1.807) is 19.6 Å². The molecule has 9 heteroatoms. The zero-order valence-electron chi connectivity index (χ0n) is 25.1. The summed E-state index contributed by atoms with van der Waals surface area (Å²) in [6.07, 6.45) is 5.27. The highest BCUT2D eigenvalue weighted by Crippen LogP contribution is 2.33. The number of oxazole rings is 1. The molecule has 0 atom stereocenters. The average molecular weight is 598 g/mol. The van der Waals surface area contributed by atoms with Crippen molar-refractivity contribution in [2.45, 2.75) is 39.3 Å². The third-order valence-corrected chi connectivity index (χ3v) is 8.03. The number of aryl methyl sites for hydroxylation is 2. The van der Waals surface area contributed by atoms with Crippen LogP contribution in [0.1, 0.15) is 46.0 Å². The first-order valence-electron chi connectivity index (χ1n) is 14.9. The Morgan fingerprint density at radius 2 is 1.93 bits per heavy atom. The van der Waals surface area contributed by atoms with Crippen molar-refractivity contribution in [3.63, 3.8) is 0 Å². The molecule has 0 spiro atoms. The van der Waals surface area contributed by atoms with E-state index in [0.29, 0.717) is 43.5 Å². The number of nitrogens with zero attached hydrogens (tertiary/aromatic N) is 5. The largest absolute Gasteiger partial charge is 0.494 e. The molecule has 224 valence electrons. The van der Waals surface area contributed by atoms with Crippen molar-refractivity contribution in [3.8, 4) is 34.7 Å². The smallest absolute Gasteiger partial charge is 0.214 e. The molecule has 7 rings (SSSR count). The Bertz CT molecular complexity index is 2040. The number of rotatable bonds is 5. The van der Waals surface area contributed by atoms with Crippen molar-refractivity contribution in [2.75, 3.05) is 13.7 Å². The monoisotopic (exact) mass is 597 g/mol. The van der Waals surface area contributed by atoms with Gasteiger partial charge in [-0.25, -0.2) is 15.0 Å².